The zero-order valence-corrected chi connectivity index (χ0v) is 14.3. The fourth-order valence-corrected chi connectivity index (χ4v) is 2.59. The summed E-state index contributed by atoms with van der Waals surface area (Å²) in [6.45, 7) is 5.68. The molecule has 5 nitrogen and oxygen atoms in total. The lowest BCUT2D eigenvalue weighted by atomic mass is 9.87. The first-order chi connectivity index (χ1) is 10.7. The maximum Gasteiger partial charge on any atom is 0.243 e. The van der Waals surface area contributed by atoms with Gasteiger partial charge in [-0.3, -0.25) is 4.79 Å². The molecule has 1 aromatic heterocycles. The summed E-state index contributed by atoms with van der Waals surface area (Å²) in [7, 11) is 1.41. The number of nitrogens with zero attached hydrogens (tertiary/aromatic N) is 1. The minimum absolute atomic E-state index is 0.175. The number of ether oxygens (including phenoxy) is 1. The van der Waals surface area contributed by atoms with E-state index >= 15 is 0 Å². The summed E-state index contributed by atoms with van der Waals surface area (Å²) in [6, 6.07) is 3.95. The SMILES string of the molecule is COc1ccc(-c2csc(NC(=O)[C@@H](N)C(C)(C)C)n2)cc1F. The summed E-state index contributed by atoms with van der Waals surface area (Å²) in [5, 5.41) is 4.88. The molecule has 3 N–H and O–H groups in total. The largest absolute Gasteiger partial charge is 0.494 e. The lowest BCUT2D eigenvalue weighted by Gasteiger charge is -2.25. The molecule has 0 fully saturated rings. The lowest BCUT2D eigenvalue weighted by Crippen LogP contribution is -2.45. The number of hydrogen-bond donors (Lipinski definition) is 2. The molecule has 1 atom stereocenters. The molecule has 2 aromatic rings. The number of hydrogen-bond acceptors (Lipinski definition) is 5. The third-order valence-corrected chi connectivity index (χ3v) is 4.16. The van der Waals surface area contributed by atoms with Crippen molar-refractivity contribution in [1.82, 2.24) is 4.98 Å². The maximum atomic E-state index is 13.8. The third-order valence-electron chi connectivity index (χ3n) is 3.40. The van der Waals surface area contributed by atoms with E-state index in [0.29, 0.717) is 16.4 Å². The fourth-order valence-electron chi connectivity index (χ4n) is 1.87. The summed E-state index contributed by atoms with van der Waals surface area (Å²) >= 11 is 1.26. The van der Waals surface area contributed by atoms with Crippen molar-refractivity contribution in [2.45, 2.75) is 26.8 Å². The van der Waals surface area contributed by atoms with Gasteiger partial charge in [0.2, 0.25) is 5.91 Å². The molecule has 0 spiro atoms. The first kappa shape index (κ1) is 17.4. The van der Waals surface area contributed by atoms with Gasteiger partial charge in [0.15, 0.2) is 16.7 Å². The number of benzene rings is 1. The molecule has 0 radical (unpaired) electrons. The number of methoxy groups -OCH3 is 1. The van der Waals surface area contributed by atoms with Crippen molar-refractivity contribution in [3.63, 3.8) is 0 Å². The summed E-state index contributed by atoms with van der Waals surface area (Å²) in [6.07, 6.45) is 0. The van der Waals surface area contributed by atoms with Gasteiger partial charge in [0.05, 0.1) is 18.8 Å². The Morgan fingerprint density at radius 3 is 2.70 bits per heavy atom. The van der Waals surface area contributed by atoms with Crippen molar-refractivity contribution in [1.29, 1.82) is 0 Å². The predicted octanol–water partition coefficient (Wildman–Crippen LogP) is 3.27. The van der Waals surface area contributed by atoms with Crippen LogP contribution in [0, 0.1) is 11.2 Å². The predicted molar refractivity (Wildman–Crippen MR) is 90.1 cm³/mol. The molecule has 23 heavy (non-hydrogen) atoms. The van der Waals surface area contributed by atoms with Crippen LogP contribution < -0.4 is 15.8 Å². The number of amides is 1. The van der Waals surface area contributed by atoms with Crippen molar-refractivity contribution in [3.8, 4) is 17.0 Å². The molecular weight excluding hydrogens is 317 g/mol. The number of thiazole rings is 1. The molecule has 0 bridgehead atoms. The number of halogens is 1. The molecule has 1 amide bonds. The van der Waals surface area contributed by atoms with Gasteiger partial charge in [-0.1, -0.05) is 20.8 Å². The van der Waals surface area contributed by atoms with Gasteiger partial charge in [0.25, 0.3) is 0 Å². The van der Waals surface area contributed by atoms with Gasteiger partial charge < -0.3 is 15.8 Å². The first-order valence-corrected chi connectivity index (χ1v) is 7.96. The Kier molecular flexibility index (Phi) is 5.01. The molecule has 124 valence electrons. The highest BCUT2D eigenvalue weighted by molar-refractivity contribution is 7.14. The Morgan fingerprint density at radius 1 is 1.43 bits per heavy atom. The van der Waals surface area contributed by atoms with Crippen molar-refractivity contribution in [3.05, 3.63) is 29.4 Å². The number of nitrogens with one attached hydrogen (secondary N) is 1. The fraction of sp³-hybridized carbons (Fsp3) is 0.375. The van der Waals surface area contributed by atoms with Crippen molar-refractivity contribution >= 4 is 22.4 Å². The van der Waals surface area contributed by atoms with Crippen LogP contribution in [0.5, 0.6) is 5.75 Å². The van der Waals surface area contributed by atoms with E-state index in [1.54, 1.807) is 11.4 Å². The van der Waals surface area contributed by atoms with Crippen LogP contribution in [0.25, 0.3) is 11.3 Å². The van der Waals surface area contributed by atoms with Crippen LogP contribution in [0.15, 0.2) is 23.6 Å². The van der Waals surface area contributed by atoms with E-state index in [2.05, 4.69) is 10.3 Å². The van der Waals surface area contributed by atoms with E-state index in [9.17, 15) is 9.18 Å². The van der Waals surface area contributed by atoms with Crippen LogP contribution in [0.3, 0.4) is 0 Å². The molecule has 1 aromatic carbocycles. The van der Waals surface area contributed by atoms with Gasteiger partial charge in [0.1, 0.15) is 0 Å². The molecule has 7 heteroatoms. The van der Waals surface area contributed by atoms with Crippen molar-refractivity contribution in [2.75, 3.05) is 12.4 Å². The zero-order valence-electron chi connectivity index (χ0n) is 13.5. The van der Waals surface area contributed by atoms with Crippen LogP contribution in [0.1, 0.15) is 20.8 Å². The van der Waals surface area contributed by atoms with Crippen LogP contribution >= 0.6 is 11.3 Å². The Balaban J connectivity index is 2.15. The highest BCUT2D eigenvalue weighted by atomic mass is 32.1. The maximum absolute atomic E-state index is 13.8. The summed E-state index contributed by atoms with van der Waals surface area (Å²) in [5.41, 5.74) is 6.76. The Hall–Kier alpha value is -1.99. The molecule has 1 heterocycles. The normalized spacial score (nSPS) is 12.8. The van der Waals surface area contributed by atoms with Gasteiger partial charge in [-0.25, -0.2) is 9.37 Å². The van der Waals surface area contributed by atoms with E-state index in [4.69, 9.17) is 10.5 Å². The monoisotopic (exact) mass is 337 g/mol. The highest BCUT2D eigenvalue weighted by Gasteiger charge is 2.28. The molecular formula is C16H20FN3O2S. The average Bonchev–Trinajstić information content (AvgIpc) is 2.93. The van der Waals surface area contributed by atoms with E-state index in [1.807, 2.05) is 20.8 Å². The number of aromatic nitrogens is 1. The van der Waals surface area contributed by atoms with Crippen LogP contribution in [0.2, 0.25) is 0 Å². The molecule has 2 rings (SSSR count). The smallest absolute Gasteiger partial charge is 0.243 e. The summed E-state index contributed by atoms with van der Waals surface area (Å²) in [5.74, 6) is -0.577. The summed E-state index contributed by atoms with van der Waals surface area (Å²) in [4.78, 5) is 16.4. The summed E-state index contributed by atoms with van der Waals surface area (Å²) < 4.78 is 18.6. The number of carbonyl (C=O) groups is 1. The molecule has 0 unspecified atom stereocenters. The number of anilines is 1. The molecule has 0 saturated carbocycles. The second-order valence-electron chi connectivity index (χ2n) is 6.22. The Labute approximate surface area is 138 Å². The van der Waals surface area contributed by atoms with Gasteiger partial charge >= 0.3 is 0 Å². The standard InChI is InChI=1S/C16H20FN3O2S/c1-16(2,3)13(18)14(21)20-15-19-11(8-23-15)9-5-6-12(22-4)10(17)7-9/h5-8,13H,18H2,1-4H3,(H,19,20,21)/t13-/m1/s1. The van der Waals surface area contributed by atoms with Gasteiger partial charge in [-0.05, 0) is 23.6 Å². The Morgan fingerprint density at radius 2 is 2.13 bits per heavy atom. The highest BCUT2D eigenvalue weighted by Crippen LogP contribution is 2.29. The lowest BCUT2D eigenvalue weighted by molar-refractivity contribution is -0.119. The quantitative estimate of drug-likeness (QED) is 0.897. The van der Waals surface area contributed by atoms with Crippen molar-refractivity contribution in [2.24, 2.45) is 11.1 Å². The van der Waals surface area contributed by atoms with Gasteiger partial charge in [0, 0.05) is 10.9 Å². The van der Waals surface area contributed by atoms with Crippen LogP contribution in [-0.2, 0) is 4.79 Å². The minimum atomic E-state index is -0.645. The van der Waals surface area contributed by atoms with Crippen molar-refractivity contribution < 1.29 is 13.9 Å². The molecule has 0 aliphatic carbocycles. The number of nitrogens with two attached hydrogens (primary N) is 1. The number of carbonyl (C=O) groups excluding carboxylic acids is 1. The second-order valence-corrected chi connectivity index (χ2v) is 7.08. The van der Waals surface area contributed by atoms with Crippen LogP contribution in [0.4, 0.5) is 9.52 Å². The molecule has 0 saturated heterocycles. The first-order valence-electron chi connectivity index (χ1n) is 7.08. The zero-order chi connectivity index (χ0) is 17.2. The third kappa shape index (κ3) is 4.05. The number of rotatable bonds is 4. The Bertz CT molecular complexity index is 710. The topological polar surface area (TPSA) is 77.2 Å². The van der Waals surface area contributed by atoms with E-state index in [0.717, 1.165) is 0 Å². The second kappa shape index (κ2) is 6.64. The van der Waals surface area contributed by atoms with Crippen LogP contribution in [-0.4, -0.2) is 24.0 Å². The van der Waals surface area contributed by atoms with E-state index in [1.165, 1.54) is 30.6 Å². The van der Waals surface area contributed by atoms with Gasteiger partial charge in [-0.15, -0.1) is 11.3 Å². The minimum Gasteiger partial charge on any atom is -0.494 e. The molecule has 0 aliphatic heterocycles. The molecule has 0 aliphatic rings. The van der Waals surface area contributed by atoms with E-state index in [-0.39, 0.29) is 17.1 Å². The van der Waals surface area contributed by atoms with Gasteiger partial charge in [-0.2, -0.15) is 0 Å². The average molecular weight is 337 g/mol. The van der Waals surface area contributed by atoms with E-state index < -0.39 is 11.9 Å².